The summed E-state index contributed by atoms with van der Waals surface area (Å²) in [6.07, 6.45) is 15.5. The lowest BCUT2D eigenvalue weighted by atomic mass is 9.67. The van der Waals surface area contributed by atoms with Crippen molar-refractivity contribution in [2.45, 2.75) is 31.0 Å². The monoisotopic (exact) mass is 376 g/mol. The zero-order valence-electron chi connectivity index (χ0n) is 16.6. The first-order valence-electron chi connectivity index (χ1n) is 10.0. The molecule has 0 saturated heterocycles. The van der Waals surface area contributed by atoms with E-state index in [9.17, 15) is 0 Å². The Balaban J connectivity index is 0.000000275. The molecular weight excluding hydrogens is 348 g/mol. The molecule has 2 unspecified atom stereocenters. The van der Waals surface area contributed by atoms with Gasteiger partial charge in [-0.2, -0.15) is 0 Å². The van der Waals surface area contributed by atoms with E-state index in [0.717, 1.165) is 19.4 Å². The van der Waals surface area contributed by atoms with Crippen LogP contribution in [-0.4, -0.2) is 26.6 Å². The number of hydrogen-bond acceptors (Lipinski definition) is 3. The van der Waals surface area contributed by atoms with Gasteiger partial charge in [-0.25, -0.2) is 0 Å². The summed E-state index contributed by atoms with van der Waals surface area (Å²) < 4.78 is 16.6. The first-order valence-corrected chi connectivity index (χ1v) is 10.0. The van der Waals surface area contributed by atoms with Crippen molar-refractivity contribution in [2.75, 3.05) is 20.8 Å². The van der Waals surface area contributed by atoms with Gasteiger partial charge in [-0.3, -0.25) is 0 Å². The van der Waals surface area contributed by atoms with Gasteiger partial charge in [0.15, 0.2) is 5.79 Å². The Bertz CT molecular complexity index is 893. The van der Waals surface area contributed by atoms with Crippen molar-refractivity contribution in [3.63, 3.8) is 0 Å². The Morgan fingerprint density at radius 2 is 1.89 bits per heavy atom. The van der Waals surface area contributed by atoms with E-state index < -0.39 is 5.79 Å². The molecule has 5 rings (SSSR count). The van der Waals surface area contributed by atoms with Crippen LogP contribution in [-0.2, 0) is 14.2 Å². The van der Waals surface area contributed by atoms with Crippen LogP contribution < -0.4 is 0 Å². The van der Waals surface area contributed by atoms with Crippen LogP contribution in [0.1, 0.15) is 36.3 Å². The van der Waals surface area contributed by atoms with Gasteiger partial charge in [0.05, 0.1) is 6.26 Å². The average molecular weight is 376 g/mol. The number of fused-ring (bicyclic) bond motifs is 5. The number of ether oxygens (including phenoxy) is 3. The van der Waals surface area contributed by atoms with Crippen LogP contribution >= 0.6 is 0 Å². The van der Waals surface area contributed by atoms with Gasteiger partial charge in [0.25, 0.3) is 0 Å². The minimum atomic E-state index is -0.495. The molecule has 2 aromatic rings. The third-order valence-electron chi connectivity index (χ3n) is 6.12. The highest BCUT2D eigenvalue weighted by Crippen LogP contribution is 2.51. The molecular formula is C25H28O3. The molecule has 1 saturated carbocycles. The Morgan fingerprint density at radius 3 is 2.57 bits per heavy atom. The zero-order valence-corrected chi connectivity index (χ0v) is 16.6. The van der Waals surface area contributed by atoms with Gasteiger partial charge in [0.1, 0.15) is 6.61 Å². The number of hydrogen-bond donors (Lipinski definition) is 0. The lowest BCUT2D eigenvalue weighted by Gasteiger charge is -2.47. The molecule has 0 spiro atoms. The van der Waals surface area contributed by atoms with Gasteiger partial charge in [0.2, 0.25) is 0 Å². The second-order valence-corrected chi connectivity index (χ2v) is 7.49. The molecule has 3 aliphatic rings. The smallest absolute Gasteiger partial charge is 0.174 e. The molecule has 0 amide bonds. The van der Waals surface area contributed by atoms with Crippen LogP contribution in [0.3, 0.4) is 0 Å². The number of allylic oxidation sites excluding steroid dienone is 3. The average Bonchev–Trinajstić information content (AvgIpc) is 2.79. The summed E-state index contributed by atoms with van der Waals surface area (Å²) in [4.78, 5) is 0. The molecule has 1 heterocycles. The molecule has 0 radical (unpaired) electrons. The van der Waals surface area contributed by atoms with Crippen molar-refractivity contribution in [1.82, 2.24) is 0 Å². The summed E-state index contributed by atoms with van der Waals surface area (Å²) in [5.74, 6) is 0.286. The Labute approximate surface area is 167 Å². The molecule has 0 aromatic heterocycles. The summed E-state index contributed by atoms with van der Waals surface area (Å²) in [6.45, 7) is 0.733. The van der Waals surface area contributed by atoms with Crippen LogP contribution in [0.15, 0.2) is 67.0 Å². The summed E-state index contributed by atoms with van der Waals surface area (Å²) >= 11 is 0. The fraction of sp³-hybridized carbons (Fsp3) is 0.360. The molecule has 0 bridgehead atoms. The molecule has 0 N–H and O–H groups in total. The van der Waals surface area contributed by atoms with Crippen LogP contribution in [0.25, 0.3) is 16.8 Å². The van der Waals surface area contributed by atoms with Crippen LogP contribution in [0.5, 0.6) is 0 Å². The number of methoxy groups -OCH3 is 2. The second kappa shape index (κ2) is 8.34. The first-order chi connectivity index (χ1) is 13.8. The summed E-state index contributed by atoms with van der Waals surface area (Å²) in [5, 5.41) is 2.61. The van der Waals surface area contributed by atoms with Gasteiger partial charge in [-0.1, -0.05) is 54.6 Å². The summed E-state index contributed by atoms with van der Waals surface area (Å²) in [7, 11) is 3.57. The van der Waals surface area contributed by atoms with Gasteiger partial charge in [0, 0.05) is 26.6 Å². The van der Waals surface area contributed by atoms with E-state index >= 15 is 0 Å². The minimum absolute atomic E-state index is 0.279. The van der Waals surface area contributed by atoms with Crippen molar-refractivity contribution in [2.24, 2.45) is 5.92 Å². The normalized spacial score (nSPS) is 23.9. The maximum absolute atomic E-state index is 5.91. The highest BCUT2D eigenvalue weighted by molar-refractivity contribution is 5.92. The lowest BCUT2D eigenvalue weighted by molar-refractivity contribution is -0.241. The molecule has 1 fully saturated rings. The van der Waals surface area contributed by atoms with Crippen molar-refractivity contribution >= 4 is 16.8 Å². The molecule has 2 atom stereocenters. The third kappa shape index (κ3) is 3.41. The van der Waals surface area contributed by atoms with E-state index in [1.807, 2.05) is 18.2 Å². The highest BCUT2D eigenvalue weighted by atomic mass is 16.7. The van der Waals surface area contributed by atoms with E-state index in [4.69, 9.17) is 14.2 Å². The first kappa shape index (κ1) is 19.0. The van der Waals surface area contributed by atoms with Crippen molar-refractivity contribution in [3.05, 3.63) is 78.1 Å². The molecule has 2 aromatic carbocycles. The molecule has 3 heteroatoms. The minimum Gasteiger partial charge on any atom is -0.497 e. The van der Waals surface area contributed by atoms with Gasteiger partial charge < -0.3 is 14.2 Å². The van der Waals surface area contributed by atoms with E-state index in [1.54, 1.807) is 20.5 Å². The van der Waals surface area contributed by atoms with E-state index in [1.165, 1.54) is 28.3 Å². The zero-order chi connectivity index (χ0) is 19.4. The summed E-state index contributed by atoms with van der Waals surface area (Å²) in [5.41, 5.74) is 2.70. The molecule has 1 aliphatic heterocycles. The highest BCUT2D eigenvalue weighted by Gasteiger charge is 2.48. The molecule has 2 aliphatic carbocycles. The van der Waals surface area contributed by atoms with Crippen LogP contribution in [0, 0.1) is 5.92 Å². The van der Waals surface area contributed by atoms with Crippen LogP contribution in [0.2, 0.25) is 0 Å². The summed E-state index contributed by atoms with van der Waals surface area (Å²) in [6, 6.07) is 13.1. The standard InChI is InChI=1S/C20H22O2.C5H6O/c1-21-20(22-2)13-5-7-15-10-11-17-16-8-4-3-6-14(16)9-12-18(17)19(15)20;1-2-4-6-5-3-1/h3-4,6,8-12,15,19H,5,7,13H2,1-2H3;1-4H,5H2. The Morgan fingerprint density at radius 1 is 1.04 bits per heavy atom. The number of benzene rings is 2. The topological polar surface area (TPSA) is 27.7 Å². The second-order valence-electron chi connectivity index (χ2n) is 7.49. The molecule has 3 nitrogen and oxygen atoms in total. The van der Waals surface area contributed by atoms with Crippen LogP contribution in [0.4, 0.5) is 0 Å². The largest absolute Gasteiger partial charge is 0.497 e. The Hall–Kier alpha value is -2.36. The van der Waals surface area contributed by atoms with Gasteiger partial charge in [-0.15, -0.1) is 0 Å². The van der Waals surface area contributed by atoms with Gasteiger partial charge in [-0.05, 0) is 52.8 Å². The van der Waals surface area contributed by atoms with Crippen molar-refractivity contribution < 1.29 is 14.2 Å². The van der Waals surface area contributed by atoms with E-state index in [0.29, 0.717) is 5.92 Å². The number of rotatable bonds is 2. The Kier molecular flexibility index (Phi) is 5.65. The van der Waals surface area contributed by atoms with Gasteiger partial charge >= 0.3 is 0 Å². The van der Waals surface area contributed by atoms with Crippen molar-refractivity contribution in [1.29, 1.82) is 0 Å². The molecule has 28 heavy (non-hydrogen) atoms. The van der Waals surface area contributed by atoms with Crippen molar-refractivity contribution in [3.8, 4) is 0 Å². The fourth-order valence-corrected chi connectivity index (χ4v) is 4.78. The fourth-order valence-electron chi connectivity index (χ4n) is 4.78. The van der Waals surface area contributed by atoms with E-state index in [2.05, 4.69) is 48.6 Å². The predicted molar refractivity (Wildman–Crippen MR) is 114 cm³/mol. The quantitative estimate of drug-likeness (QED) is 0.618. The van der Waals surface area contributed by atoms with E-state index in [-0.39, 0.29) is 5.92 Å². The predicted octanol–water partition coefficient (Wildman–Crippen LogP) is 5.83. The maximum atomic E-state index is 5.91. The third-order valence-corrected chi connectivity index (χ3v) is 6.12. The molecule has 146 valence electrons. The SMILES string of the molecule is C1=CCOC=C1.COC1(OC)CCCC2C=Cc3c(ccc4ccccc34)C21. The lowest BCUT2D eigenvalue weighted by Crippen LogP contribution is -2.47. The maximum Gasteiger partial charge on any atom is 0.174 e.